The Morgan fingerprint density at radius 2 is 1.81 bits per heavy atom. The quantitative estimate of drug-likeness (QED) is 0.873. The minimum absolute atomic E-state index is 0.0519. The second-order valence-electron chi connectivity index (χ2n) is 7.36. The van der Waals surface area contributed by atoms with Gasteiger partial charge in [0.15, 0.2) is 0 Å². The van der Waals surface area contributed by atoms with E-state index in [1.807, 2.05) is 27.2 Å². The lowest BCUT2D eigenvalue weighted by atomic mass is 10.1. The van der Waals surface area contributed by atoms with Gasteiger partial charge in [-0.3, -0.25) is 0 Å². The molecule has 1 aromatic heterocycles. The molecule has 0 radical (unpaired) electrons. The van der Waals surface area contributed by atoms with Gasteiger partial charge in [-0.1, -0.05) is 0 Å². The Hall–Kier alpha value is -1.20. The van der Waals surface area contributed by atoms with E-state index >= 15 is 0 Å². The highest BCUT2D eigenvalue weighted by Crippen LogP contribution is 2.14. The van der Waals surface area contributed by atoms with Crippen LogP contribution in [0.3, 0.4) is 0 Å². The van der Waals surface area contributed by atoms with Crippen LogP contribution >= 0.6 is 0 Å². The largest absolute Gasteiger partial charge is 0.462 e. The molecule has 120 valence electrons. The van der Waals surface area contributed by atoms with E-state index in [1.54, 1.807) is 0 Å². The van der Waals surface area contributed by atoms with Crippen LogP contribution in [0, 0.1) is 6.92 Å². The molecule has 0 spiro atoms. The number of likely N-dealkylation sites (N-methyl/N-ethyl adjacent to an activating group) is 1. The highest BCUT2D eigenvalue weighted by molar-refractivity contribution is 5.18. The van der Waals surface area contributed by atoms with E-state index in [-0.39, 0.29) is 11.1 Å². The average molecular weight is 294 g/mol. The Morgan fingerprint density at radius 3 is 2.29 bits per heavy atom. The zero-order valence-electron chi connectivity index (χ0n) is 14.7. The van der Waals surface area contributed by atoms with Crippen LogP contribution in [0.1, 0.15) is 45.9 Å². The minimum Gasteiger partial charge on any atom is -0.462 e. The Balaban J connectivity index is 2.66. The van der Waals surface area contributed by atoms with Crippen molar-refractivity contribution in [2.24, 2.45) is 0 Å². The van der Waals surface area contributed by atoms with Crippen LogP contribution in [0.2, 0.25) is 0 Å². The molecule has 0 fully saturated rings. The van der Waals surface area contributed by atoms with Gasteiger partial charge in [-0.2, -0.15) is 0 Å². The molecule has 1 N–H and O–H groups in total. The fraction of sp³-hybridized carbons (Fsp3) is 0.750. The second kappa shape index (κ2) is 6.71. The van der Waals surface area contributed by atoms with Crippen LogP contribution in [0.15, 0.2) is 6.20 Å². The van der Waals surface area contributed by atoms with Crippen molar-refractivity contribution in [3.8, 4) is 6.01 Å². The van der Waals surface area contributed by atoms with Crippen LogP contribution in [0.4, 0.5) is 0 Å². The van der Waals surface area contributed by atoms with Gasteiger partial charge in [0.25, 0.3) is 0 Å². The summed E-state index contributed by atoms with van der Waals surface area (Å²) < 4.78 is 5.73. The van der Waals surface area contributed by atoms with Gasteiger partial charge >= 0.3 is 6.01 Å². The van der Waals surface area contributed by atoms with Gasteiger partial charge in [0.1, 0.15) is 6.61 Å². The molecule has 0 bridgehead atoms. The molecular formula is C16H30N4O. The van der Waals surface area contributed by atoms with E-state index in [0.717, 1.165) is 17.8 Å². The summed E-state index contributed by atoms with van der Waals surface area (Å²) in [7, 11) is 4.08. The summed E-state index contributed by atoms with van der Waals surface area (Å²) >= 11 is 0. The first-order chi connectivity index (χ1) is 9.51. The van der Waals surface area contributed by atoms with Crippen molar-refractivity contribution in [3.05, 3.63) is 17.5 Å². The van der Waals surface area contributed by atoms with Gasteiger partial charge in [-0.25, -0.2) is 9.97 Å². The lowest BCUT2D eigenvalue weighted by molar-refractivity contribution is 0.107. The highest BCUT2D eigenvalue weighted by atomic mass is 16.5. The molecule has 1 heterocycles. The summed E-state index contributed by atoms with van der Waals surface area (Å²) in [6.07, 6.45) is 1.85. The SMILES string of the molecule is Cc1nc(OCC(C)(C)N(C)C)ncc1CNC(C)(C)C. The third-order valence-corrected chi connectivity index (χ3v) is 3.63. The van der Waals surface area contributed by atoms with Crippen molar-refractivity contribution in [3.63, 3.8) is 0 Å². The molecule has 1 aromatic rings. The number of aromatic nitrogens is 2. The number of rotatable bonds is 6. The Bertz CT molecular complexity index is 464. The molecule has 5 heteroatoms. The summed E-state index contributed by atoms with van der Waals surface area (Å²) in [6, 6.07) is 0.446. The number of hydrogen-bond acceptors (Lipinski definition) is 5. The van der Waals surface area contributed by atoms with Crippen molar-refractivity contribution in [1.82, 2.24) is 20.2 Å². The lowest BCUT2D eigenvalue weighted by Gasteiger charge is -2.31. The van der Waals surface area contributed by atoms with Gasteiger partial charge in [-0.05, 0) is 55.6 Å². The Morgan fingerprint density at radius 1 is 1.19 bits per heavy atom. The maximum absolute atomic E-state index is 5.73. The summed E-state index contributed by atoms with van der Waals surface area (Å²) in [6.45, 7) is 14.0. The average Bonchev–Trinajstić information content (AvgIpc) is 2.34. The van der Waals surface area contributed by atoms with E-state index < -0.39 is 0 Å². The first-order valence-electron chi connectivity index (χ1n) is 7.39. The molecule has 0 aliphatic rings. The molecular weight excluding hydrogens is 264 g/mol. The third-order valence-electron chi connectivity index (χ3n) is 3.63. The molecule has 0 aromatic carbocycles. The maximum Gasteiger partial charge on any atom is 0.316 e. The molecule has 5 nitrogen and oxygen atoms in total. The van der Waals surface area contributed by atoms with Gasteiger partial charge < -0.3 is 15.0 Å². The topological polar surface area (TPSA) is 50.3 Å². The lowest BCUT2D eigenvalue weighted by Crippen LogP contribution is -2.43. The molecule has 0 atom stereocenters. The van der Waals surface area contributed by atoms with Crippen molar-refractivity contribution in [2.45, 2.75) is 59.2 Å². The molecule has 21 heavy (non-hydrogen) atoms. The van der Waals surface area contributed by atoms with Crippen LogP contribution < -0.4 is 10.1 Å². The fourth-order valence-electron chi connectivity index (χ4n) is 1.44. The first-order valence-corrected chi connectivity index (χ1v) is 7.39. The highest BCUT2D eigenvalue weighted by Gasteiger charge is 2.22. The normalized spacial score (nSPS) is 12.8. The van der Waals surface area contributed by atoms with E-state index in [4.69, 9.17) is 4.74 Å². The van der Waals surface area contributed by atoms with Crippen LogP contribution in [-0.4, -0.2) is 46.6 Å². The maximum atomic E-state index is 5.73. The molecule has 0 saturated carbocycles. The smallest absolute Gasteiger partial charge is 0.316 e. The monoisotopic (exact) mass is 294 g/mol. The number of ether oxygens (including phenoxy) is 1. The van der Waals surface area contributed by atoms with Crippen molar-refractivity contribution in [2.75, 3.05) is 20.7 Å². The zero-order chi connectivity index (χ0) is 16.3. The number of nitrogens with one attached hydrogen (secondary N) is 1. The van der Waals surface area contributed by atoms with Gasteiger partial charge in [-0.15, -0.1) is 0 Å². The van der Waals surface area contributed by atoms with Gasteiger partial charge in [0, 0.05) is 35.1 Å². The Labute approximate surface area is 129 Å². The van der Waals surface area contributed by atoms with Crippen molar-refractivity contribution < 1.29 is 4.74 Å². The Kier molecular flexibility index (Phi) is 5.70. The predicted octanol–water partition coefficient (Wildman–Crippen LogP) is 2.39. The van der Waals surface area contributed by atoms with Crippen molar-refractivity contribution in [1.29, 1.82) is 0 Å². The minimum atomic E-state index is -0.0519. The van der Waals surface area contributed by atoms with Crippen molar-refractivity contribution >= 4 is 0 Å². The fourth-order valence-corrected chi connectivity index (χ4v) is 1.44. The second-order valence-corrected chi connectivity index (χ2v) is 7.36. The third kappa shape index (κ3) is 5.98. The number of aryl methyl sites for hydroxylation is 1. The molecule has 0 aliphatic heterocycles. The predicted molar refractivity (Wildman–Crippen MR) is 86.6 cm³/mol. The number of nitrogens with zero attached hydrogens (tertiary/aromatic N) is 3. The van der Waals surface area contributed by atoms with Crippen LogP contribution in [0.25, 0.3) is 0 Å². The van der Waals surface area contributed by atoms with Gasteiger partial charge in [0.2, 0.25) is 0 Å². The molecule has 0 aliphatic carbocycles. The molecule has 1 rings (SSSR count). The summed E-state index contributed by atoms with van der Waals surface area (Å²) in [5.41, 5.74) is 2.09. The molecule has 0 amide bonds. The standard InChI is InChI=1S/C16H30N4O/c1-12-13(10-18-15(2,3)4)9-17-14(19-12)21-11-16(5,6)20(7)8/h9,18H,10-11H2,1-8H3. The van der Waals surface area contributed by atoms with Crippen LogP contribution in [-0.2, 0) is 6.54 Å². The first kappa shape index (κ1) is 17.9. The van der Waals surface area contributed by atoms with E-state index in [2.05, 4.69) is 54.8 Å². The van der Waals surface area contributed by atoms with E-state index in [0.29, 0.717) is 12.6 Å². The van der Waals surface area contributed by atoms with Crippen LogP contribution in [0.5, 0.6) is 6.01 Å². The number of hydrogen-bond donors (Lipinski definition) is 1. The van der Waals surface area contributed by atoms with E-state index in [1.165, 1.54) is 0 Å². The van der Waals surface area contributed by atoms with E-state index in [9.17, 15) is 0 Å². The van der Waals surface area contributed by atoms with Gasteiger partial charge in [0.05, 0.1) is 0 Å². The molecule has 0 unspecified atom stereocenters. The zero-order valence-corrected chi connectivity index (χ0v) is 14.7. The summed E-state index contributed by atoms with van der Waals surface area (Å²) in [5, 5.41) is 3.44. The molecule has 0 saturated heterocycles. The summed E-state index contributed by atoms with van der Waals surface area (Å²) in [4.78, 5) is 10.9. The summed E-state index contributed by atoms with van der Waals surface area (Å²) in [5.74, 6) is 0.